The number of hydrogen-bond donors (Lipinski definition) is 0. The second-order valence-electron chi connectivity index (χ2n) is 9.85. The maximum atomic E-state index is 13.7. The van der Waals surface area contributed by atoms with E-state index in [-0.39, 0.29) is 6.07 Å². The first-order valence-electron chi connectivity index (χ1n) is 12.4. The zero-order valence-corrected chi connectivity index (χ0v) is 21.6. The van der Waals surface area contributed by atoms with E-state index in [9.17, 15) is 35.9 Å². The molecule has 1 atom stereocenters. The first kappa shape index (κ1) is 27.2. The van der Waals surface area contributed by atoms with Crippen LogP contribution in [0, 0.1) is 6.92 Å². The molecule has 1 fully saturated rings. The van der Waals surface area contributed by atoms with Crippen LogP contribution in [0.3, 0.4) is 0 Å². The highest BCUT2D eigenvalue weighted by atomic mass is 32.1. The highest BCUT2D eigenvalue weighted by molar-refractivity contribution is 7.10. The number of carbonyl (C=O) groups excluding carboxylic acids is 2. The van der Waals surface area contributed by atoms with Crippen LogP contribution in [0.2, 0.25) is 0 Å². The van der Waals surface area contributed by atoms with Gasteiger partial charge < -0.3 is 9.80 Å². The van der Waals surface area contributed by atoms with Crippen LogP contribution in [-0.4, -0.2) is 40.7 Å². The number of benzene rings is 2. The van der Waals surface area contributed by atoms with E-state index in [4.69, 9.17) is 0 Å². The summed E-state index contributed by atoms with van der Waals surface area (Å²) in [5, 5.41) is 1.95. The van der Waals surface area contributed by atoms with Crippen LogP contribution < -0.4 is 0 Å². The molecule has 1 aliphatic carbocycles. The third-order valence-corrected chi connectivity index (χ3v) is 8.15. The Kier molecular flexibility index (Phi) is 6.98. The van der Waals surface area contributed by atoms with Crippen molar-refractivity contribution in [3.8, 4) is 0 Å². The Bertz CT molecular complexity index is 1380. The zero-order chi connectivity index (χ0) is 28.1. The smallest absolute Gasteiger partial charge is 0.330 e. The SMILES string of the molecule is Cc1ccccc1C1c2ccsc2CCN1C(=O)CN(C(=O)c1cc(C(F)(F)F)cc(C(F)(F)F)c1)C1CC1. The summed E-state index contributed by atoms with van der Waals surface area (Å²) in [5.41, 5.74) is -1.01. The van der Waals surface area contributed by atoms with E-state index in [0.717, 1.165) is 26.5 Å². The summed E-state index contributed by atoms with van der Waals surface area (Å²) in [4.78, 5) is 31.0. The summed E-state index contributed by atoms with van der Waals surface area (Å²) in [6, 6.07) is 9.58. The summed E-state index contributed by atoms with van der Waals surface area (Å²) in [7, 11) is 0. The predicted octanol–water partition coefficient (Wildman–Crippen LogP) is 6.87. The minimum Gasteiger partial charge on any atom is -0.330 e. The van der Waals surface area contributed by atoms with Crippen molar-refractivity contribution >= 4 is 23.2 Å². The van der Waals surface area contributed by atoms with Gasteiger partial charge in [-0.05, 0) is 72.5 Å². The van der Waals surface area contributed by atoms with Gasteiger partial charge in [0.1, 0.15) is 6.54 Å². The van der Waals surface area contributed by atoms with Crippen LogP contribution in [0.4, 0.5) is 26.3 Å². The molecule has 0 spiro atoms. The largest absolute Gasteiger partial charge is 0.416 e. The van der Waals surface area contributed by atoms with Gasteiger partial charge in [-0.25, -0.2) is 0 Å². The van der Waals surface area contributed by atoms with Crippen molar-refractivity contribution in [3.63, 3.8) is 0 Å². The molecule has 0 radical (unpaired) electrons. The number of fused-ring (bicyclic) bond motifs is 1. The molecule has 4 nitrogen and oxygen atoms in total. The van der Waals surface area contributed by atoms with E-state index in [2.05, 4.69) is 0 Å². The monoisotopic (exact) mass is 566 g/mol. The average Bonchev–Trinajstić information content (AvgIpc) is 3.61. The van der Waals surface area contributed by atoms with Gasteiger partial charge in [-0.1, -0.05) is 24.3 Å². The van der Waals surface area contributed by atoms with E-state index in [1.165, 1.54) is 0 Å². The Hall–Kier alpha value is -3.34. The molecule has 0 bridgehead atoms. The highest BCUT2D eigenvalue weighted by Crippen LogP contribution is 2.40. The number of aryl methyl sites for hydroxylation is 1. The van der Waals surface area contributed by atoms with Crippen molar-refractivity contribution in [2.45, 2.75) is 50.6 Å². The first-order chi connectivity index (χ1) is 18.3. The maximum Gasteiger partial charge on any atom is 0.416 e. The van der Waals surface area contributed by atoms with Crippen molar-refractivity contribution < 1.29 is 35.9 Å². The lowest BCUT2D eigenvalue weighted by Crippen LogP contribution is -2.47. The van der Waals surface area contributed by atoms with E-state index in [0.29, 0.717) is 37.9 Å². The van der Waals surface area contributed by atoms with Gasteiger partial charge in [0.2, 0.25) is 5.91 Å². The van der Waals surface area contributed by atoms with E-state index >= 15 is 0 Å². The standard InChI is InChI=1S/C28H24F6N2O2S/c1-16-4-2-3-5-21(16)25-22-9-11-39-23(22)8-10-35(25)24(37)15-36(20-6-7-20)26(38)17-12-18(27(29,30)31)14-19(13-17)28(32,33)34/h2-5,9,11-14,20,25H,6-8,10,15H2,1H3. The number of hydrogen-bond acceptors (Lipinski definition) is 3. The summed E-state index contributed by atoms with van der Waals surface area (Å²) in [6.07, 6.45) is -8.52. The molecule has 2 heterocycles. The molecule has 39 heavy (non-hydrogen) atoms. The Morgan fingerprint density at radius 3 is 2.18 bits per heavy atom. The third-order valence-electron chi connectivity index (χ3n) is 7.16. The summed E-state index contributed by atoms with van der Waals surface area (Å²) >= 11 is 1.59. The van der Waals surface area contributed by atoms with E-state index in [1.807, 2.05) is 42.6 Å². The van der Waals surface area contributed by atoms with Crippen molar-refractivity contribution in [2.24, 2.45) is 0 Å². The van der Waals surface area contributed by atoms with Gasteiger partial charge in [-0.3, -0.25) is 9.59 Å². The van der Waals surface area contributed by atoms with E-state index in [1.54, 1.807) is 16.2 Å². The lowest BCUT2D eigenvalue weighted by Gasteiger charge is -2.38. The number of alkyl halides is 6. The molecule has 2 aromatic carbocycles. The molecule has 0 N–H and O–H groups in total. The quantitative estimate of drug-likeness (QED) is 0.316. The second-order valence-corrected chi connectivity index (χ2v) is 10.9. The predicted molar refractivity (Wildman–Crippen MR) is 133 cm³/mol. The Balaban J connectivity index is 1.47. The van der Waals surface area contributed by atoms with Gasteiger partial charge in [0, 0.05) is 23.0 Å². The molecule has 11 heteroatoms. The zero-order valence-electron chi connectivity index (χ0n) is 20.8. The van der Waals surface area contributed by atoms with Crippen LogP contribution >= 0.6 is 11.3 Å². The molecule has 2 aliphatic rings. The first-order valence-corrected chi connectivity index (χ1v) is 13.2. The van der Waals surface area contributed by atoms with Crippen LogP contribution in [0.15, 0.2) is 53.9 Å². The van der Waals surface area contributed by atoms with Gasteiger partial charge >= 0.3 is 12.4 Å². The molecule has 1 saturated carbocycles. The Labute approximate surface area is 224 Å². The van der Waals surface area contributed by atoms with Gasteiger partial charge in [-0.2, -0.15) is 26.3 Å². The number of halogens is 6. The normalized spacial score (nSPS) is 17.6. The van der Waals surface area contributed by atoms with E-state index < -0.39 is 59.5 Å². The van der Waals surface area contributed by atoms with Crippen LogP contribution in [0.25, 0.3) is 0 Å². The molecule has 3 aromatic rings. The number of thiophene rings is 1. The van der Waals surface area contributed by atoms with Crippen molar-refractivity contribution in [2.75, 3.05) is 13.1 Å². The molecule has 0 saturated heterocycles. The lowest BCUT2D eigenvalue weighted by molar-refractivity contribution is -0.143. The maximum absolute atomic E-state index is 13.7. The molecule has 1 aromatic heterocycles. The highest BCUT2D eigenvalue weighted by Gasteiger charge is 2.41. The fraction of sp³-hybridized carbons (Fsp3) is 0.357. The summed E-state index contributed by atoms with van der Waals surface area (Å²) in [6.45, 7) is 1.87. The lowest BCUT2D eigenvalue weighted by atomic mass is 9.90. The average molecular weight is 567 g/mol. The summed E-state index contributed by atoms with van der Waals surface area (Å²) in [5.74, 6) is -1.44. The number of carbonyl (C=O) groups is 2. The van der Waals surface area contributed by atoms with Crippen LogP contribution in [0.1, 0.15) is 61.9 Å². The third kappa shape index (κ3) is 5.54. The molecule has 5 rings (SSSR count). The molecule has 1 unspecified atom stereocenters. The van der Waals surface area contributed by atoms with Crippen LogP contribution in [0.5, 0.6) is 0 Å². The fourth-order valence-corrected chi connectivity index (χ4v) is 5.95. The Morgan fingerprint density at radius 2 is 1.59 bits per heavy atom. The number of amides is 2. The van der Waals surface area contributed by atoms with Gasteiger partial charge in [-0.15, -0.1) is 11.3 Å². The minimum atomic E-state index is -5.08. The second kappa shape index (κ2) is 10.0. The topological polar surface area (TPSA) is 40.6 Å². The number of nitrogens with zero attached hydrogens (tertiary/aromatic N) is 2. The minimum absolute atomic E-state index is 0.0116. The van der Waals surface area contributed by atoms with Gasteiger partial charge in [0.05, 0.1) is 17.2 Å². The summed E-state index contributed by atoms with van der Waals surface area (Å²) < 4.78 is 80.4. The molecule has 2 amide bonds. The van der Waals surface area contributed by atoms with Gasteiger partial charge in [0.15, 0.2) is 0 Å². The van der Waals surface area contributed by atoms with Crippen LogP contribution in [-0.2, 0) is 23.6 Å². The molecular formula is C28H24F6N2O2S. The van der Waals surface area contributed by atoms with Crippen molar-refractivity contribution in [1.82, 2.24) is 9.80 Å². The van der Waals surface area contributed by atoms with Crippen molar-refractivity contribution in [3.05, 3.63) is 92.2 Å². The Morgan fingerprint density at radius 1 is 0.949 bits per heavy atom. The van der Waals surface area contributed by atoms with Gasteiger partial charge in [0.25, 0.3) is 5.91 Å². The number of rotatable bonds is 5. The van der Waals surface area contributed by atoms with Crippen molar-refractivity contribution in [1.29, 1.82) is 0 Å². The molecule has 1 aliphatic heterocycles. The fourth-order valence-electron chi connectivity index (χ4n) is 5.05. The molecule has 206 valence electrons. The molecular weight excluding hydrogens is 542 g/mol.